The molecule has 0 aliphatic heterocycles. The summed E-state index contributed by atoms with van der Waals surface area (Å²) in [7, 11) is 0. The third-order valence-electron chi connectivity index (χ3n) is 7.04. The Balaban J connectivity index is 1.20. The molecule has 1 aromatic heterocycles. The fourth-order valence-electron chi connectivity index (χ4n) is 5.02. The topological polar surface area (TPSA) is 91.3 Å². The van der Waals surface area contributed by atoms with Gasteiger partial charge in [0, 0.05) is 41.2 Å². The molecule has 6 nitrogen and oxygen atoms in total. The first-order valence-electron chi connectivity index (χ1n) is 12.9. The van der Waals surface area contributed by atoms with Crippen molar-refractivity contribution in [2.45, 2.75) is 45.6 Å². The molecule has 1 atom stereocenters. The number of rotatable bonds is 9. The van der Waals surface area contributed by atoms with Crippen LogP contribution in [0, 0.1) is 13.8 Å². The summed E-state index contributed by atoms with van der Waals surface area (Å²) in [6.45, 7) is 5.03. The minimum Gasteiger partial charge on any atom is -0.481 e. The zero-order valence-corrected chi connectivity index (χ0v) is 22.4. The van der Waals surface area contributed by atoms with E-state index in [0.717, 1.165) is 29.8 Å². The highest BCUT2D eigenvalue weighted by Crippen LogP contribution is 2.41. The van der Waals surface area contributed by atoms with Crippen molar-refractivity contribution in [3.63, 3.8) is 0 Å². The van der Waals surface area contributed by atoms with Crippen LogP contribution < -0.4 is 10.6 Å². The molecule has 1 aliphatic rings. The van der Waals surface area contributed by atoms with Gasteiger partial charge in [-0.3, -0.25) is 9.59 Å². The van der Waals surface area contributed by atoms with E-state index in [1.54, 1.807) is 23.5 Å². The number of fused-ring (bicyclic) bond motifs is 1. The van der Waals surface area contributed by atoms with Gasteiger partial charge in [0.1, 0.15) is 5.01 Å². The first-order chi connectivity index (χ1) is 18.4. The van der Waals surface area contributed by atoms with Gasteiger partial charge < -0.3 is 15.7 Å². The third-order valence-corrected chi connectivity index (χ3v) is 7.99. The molecule has 5 rings (SSSR count). The average molecular weight is 526 g/mol. The number of amides is 1. The summed E-state index contributed by atoms with van der Waals surface area (Å²) in [5, 5.41) is 18.2. The molecule has 3 aromatic carbocycles. The summed E-state index contributed by atoms with van der Waals surface area (Å²) in [6.07, 6.45) is 2.03. The highest BCUT2D eigenvalue weighted by Gasteiger charge is 2.27. The molecule has 0 radical (unpaired) electrons. The van der Waals surface area contributed by atoms with Crippen LogP contribution in [0.15, 0.2) is 66.0 Å². The van der Waals surface area contributed by atoms with Gasteiger partial charge in [0.2, 0.25) is 0 Å². The Kier molecular flexibility index (Phi) is 7.56. The number of thiazole rings is 1. The quantitative estimate of drug-likeness (QED) is 0.238. The number of hydrogen-bond acceptors (Lipinski definition) is 5. The smallest absolute Gasteiger partial charge is 0.305 e. The largest absolute Gasteiger partial charge is 0.481 e. The number of carboxylic acids is 1. The lowest BCUT2D eigenvalue weighted by Crippen LogP contribution is -2.25. The van der Waals surface area contributed by atoms with Crippen LogP contribution in [0.2, 0.25) is 0 Å². The number of aromatic nitrogens is 1. The predicted octanol–water partition coefficient (Wildman–Crippen LogP) is 6.32. The highest BCUT2D eigenvalue weighted by molar-refractivity contribution is 7.10. The Hall–Kier alpha value is -3.97. The van der Waals surface area contributed by atoms with E-state index in [1.807, 2.05) is 12.1 Å². The van der Waals surface area contributed by atoms with Crippen molar-refractivity contribution in [3.05, 3.63) is 104 Å². The lowest BCUT2D eigenvalue weighted by molar-refractivity contribution is -0.136. The monoisotopic (exact) mass is 525 g/mol. The number of benzene rings is 3. The first kappa shape index (κ1) is 25.7. The van der Waals surface area contributed by atoms with Gasteiger partial charge in [-0.05, 0) is 73.2 Å². The molecule has 38 heavy (non-hydrogen) atoms. The Morgan fingerprint density at radius 2 is 1.87 bits per heavy atom. The molecule has 0 saturated carbocycles. The van der Waals surface area contributed by atoms with Crippen molar-refractivity contribution in [1.29, 1.82) is 0 Å². The summed E-state index contributed by atoms with van der Waals surface area (Å²) in [4.78, 5) is 27.8. The maximum atomic E-state index is 12.1. The van der Waals surface area contributed by atoms with E-state index in [2.05, 4.69) is 66.3 Å². The van der Waals surface area contributed by atoms with Crippen LogP contribution in [0.3, 0.4) is 0 Å². The molecule has 3 N–H and O–H groups in total. The lowest BCUT2D eigenvalue weighted by Gasteiger charge is -2.12. The number of carboxylic acid groups (broad SMARTS) is 1. The molecular formula is C31H31N3O3S. The maximum absolute atomic E-state index is 12.1. The SMILES string of the molecule is Cc1ccc(-c2csc(C3CCc4cc(NCc5ccc(C(=O)NCCC(=O)O)cc5)ccc43)n2)c(C)c1. The molecule has 0 bridgehead atoms. The maximum Gasteiger partial charge on any atom is 0.305 e. The van der Waals surface area contributed by atoms with Gasteiger partial charge in [0.25, 0.3) is 5.91 Å². The van der Waals surface area contributed by atoms with E-state index in [1.165, 1.54) is 32.8 Å². The zero-order valence-electron chi connectivity index (χ0n) is 21.6. The summed E-state index contributed by atoms with van der Waals surface area (Å²) < 4.78 is 0. The summed E-state index contributed by atoms with van der Waals surface area (Å²) in [5.41, 5.74) is 10.2. The van der Waals surface area contributed by atoms with E-state index in [-0.39, 0.29) is 18.9 Å². The average Bonchev–Trinajstić information content (AvgIpc) is 3.54. The fraction of sp³-hybridized carbons (Fsp3) is 0.258. The molecule has 1 amide bonds. The van der Waals surface area contributed by atoms with Crippen molar-refractivity contribution in [3.8, 4) is 11.3 Å². The molecule has 7 heteroatoms. The van der Waals surface area contributed by atoms with Crippen LogP contribution in [0.4, 0.5) is 5.69 Å². The van der Waals surface area contributed by atoms with Crippen molar-refractivity contribution in [2.75, 3.05) is 11.9 Å². The molecule has 194 valence electrons. The number of aryl methyl sites for hydroxylation is 3. The summed E-state index contributed by atoms with van der Waals surface area (Å²) in [5.74, 6) is -0.850. The van der Waals surface area contributed by atoms with E-state index >= 15 is 0 Å². The number of carbonyl (C=O) groups is 2. The van der Waals surface area contributed by atoms with Gasteiger partial charge in [-0.25, -0.2) is 4.98 Å². The van der Waals surface area contributed by atoms with Crippen LogP contribution in [0.1, 0.15) is 61.9 Å². The van der Waals surface area contributed by atoms with E-state index < -0.39 is 5.97 Å². The summed E-state index contributed by atoms with van der Waals surface area (Å²) >= 11 is 1.76. The van der Waals surface area contributed by atoms with Crippen LogP contribution in [-0.2, 0) is 17.8 Å². The highest BCUT2D eigenvalue weighted by atomic mass is 32.1. The molecule has 0 spiro atoms. The van der Waals surface area contributed by atoms with E-state index in [0.29, 0.717) is 18.0 Å². The molecule has 0 fully saturated rings. The van der Waals surface area contributed by atoms with Gasteiger partial charge in [0.15, 0.2) is 0 Å². The number of hydrogen-bond donors (Lipinski definition) is 3. The van der Waals surface area contributed by atoms with E-state index in [4.69, 9.17) is 10.1 Å². The number of anilines is 1. The minimum absolute atomic E-state index is 0.0900. The standard InChI is InChI=1S/C31H31N3O3S/c1-19-3-10-25(20(2)15-19)28-18-38-31(34-28)27-11-8-23-16-24(9-12-26(23)27)33-17-21-4-6-22(7-5-21)30(37)32-14-13-29(35)36/h3-7,9-10,12,15-16,18,27,33H,8,11,13-14,17H2,1-2H3,(H,32,37)(H,35,36). The van der Waals surface area contributed by atoms with Crippen molar-refractivity contribution in [2.24, 2.45) is 0 Å². The van der Waals surface area contributed by atoms with Crippen LogP contribution in [-0.4, -0.2) is 28.5 Å². The number of nitrogens with one attached hydrogen (secondary N) is 2. The van der Waals surface area contributed by atoms with Gasteiger partial charge in [0.05, 0.1) is 12.1 Å². The number of aliphatic carboxylic acids is 1. The van der Waals surface area contributed by atoms with Gasteiger partial charge in [-0.2, -0.15) is 0 Å². The van der Waals surface area contributed by atoms with Crippen molar-refractivity contribution < 1.29 is 14.7 Å². The van der Waals surface area contributed by atoms with Crippen LogP contribution in [0.5, 0.6) is 0 Å². The molecule has 4 aromatic rings. The van der Waals surface area contributed by atoms with Crippen molar-refractivity contribution in [1.82, 2.24) is 10.3 Å². The van der Waals surface area contributed by atoms with Gasteiger partial charge in [-0.15, -0.1) is 11.3 Å². The number of carbonyl (C=O) groups excluding carboxylic acids is 1. The van der Waals surface area contributed by atoms with Crippen molar-refractivity contribution >= 4 is 28.9 Å². The fourth-order valence-corrected chi connectivity index (χ4v) is 5.99. The first-order valence-corrected chi connectivity index (χ1v) is 13.7. The normalized spacial score (nSPS) is 14.2. The van der Waals surface area contributed by atoms with Crippen LogP contribution in [0.25, 0.3) is 11.3 Å². The van der Waals surface area contributed by atoms with E-state index in [9.17, 15) is 9.59 Å². The predicted molar refractivity (Wildman–Crippen MR) is 152 cm³/mol. The molecule has 1 aliphatic carbocycles. The molecular weight excluding hydrogens is 494 g/mol. The summed E-state index contributed by atoms with van der Waals surface area (Å²) in [6, 6.07) is 20.5. The molecule has 1 heterocycles. The number of nitrogens with zero attached hydrogens (tertiary/aromatic N) is 1. The van der Waals surface area contributed by atoms with Gasteiger partial charge in [-0.1, -0.05) is 42.0 Å². The second-order valence-corrected chi connectivity index (χ2v) is 10.7. The Morgan fingerprint density at radius 1 is 1.05 bits per heavy atom. The Bertz CT molecular complexity index is 1480. The second-order valence-electron chi connectivity index (χ2n) is 9.84. The third kappa shape index (κ3) is 5.78. The lowest BCUT2D eigenvalue weighted by atomic mass is 10.0. The Labute approximate surface area is 226 Å². The molecule has 0 saturated heterocycles. The van der Waals surface area contributed by atoms with Gasteiger partial charge >= 0.3 is 5.97 Å². The van der Waals surface area contributed by atoms with Crippen LogP contribution >= 0.6 is 11.3 Å². The molecule has 1 unspecified atom stereocenters. The second kappa shape index (κ2) is 11.2. The zero-order chi connectivity index (χ0) is 26.6. The minimum atomic E-state index is -0.931. The Morgan fingerprint density at radius 3 is 2.63 bits per heavy atom.